The second kappa shape index (κ2) is 8.29. The van der Waals surface area contributed by atoms with Crippen molar-refractivity contribution in [2.45, 2.75) is 6.42 Å². The topological polar surface area (TPSA) is 57.3 Å². The molecule has 0 saturated heterocycles. The van der Waals surface area contributed by atoms with Gasteiger partial charge in [0.1, 0.15) is 0 Å². The van der Waals surface area contributed by atoms with Crippen LogP contribution >= 0.6 is 0 Å². The van der Waals surface area contributed by atoms with Crippen molar-refractivity contribution in [3.8, 4) is 11.1 Å². The van der Waals surface area contributed by atoms with Crippen LogP contribution in [0.1, 0.15) is 16.8 Å². The lowest BCUT2D eigenvalue weighted by Crippen LogP contribution is -2.26. The SMILES string of the molecule is CNCCCNC(=O)c1cncc(-c2ccc(N(C)C)cc2)c1. The summed E-state index contributed by atoms with van der Waals surface area (Å²) < 4.78 is 0. The summed E-state index contributed by atoms with van der Waals surface area (Å²) >= 11 is 0. The number of nitrogens with one attached hydrogen (secondary N) is 2. The van der Waals surface area contributed by atoms with Crippen LogP contribution in [0.4, 0.5) is 5.69 Å². The number of carbonyl (C=O) groups excluding carboxylic acids is 1. The first-order chi connectivity index (χ1) is 11.1. The Morgan fingerprint density at radius 1 is 1.09 bits per heavy atom. The van der Waals surface area contributed by atoms with Crippen LogP contribution in [0.3, 0.4) is 0 Å². The largest absolute Gasteiger partial charge is 0.378 e. The highest BCUT2D eigenvalue weighted by atomic mass is 16.1. The van der Waals surface area contributed by atoms with Crippen molar-refractivity contribution >= 4 is 11.6 Å². The summed E-state index contributed by atoms with van der Waals surface area (Å²) in [5, 5.41) is 5.97. The Kier molecular flexibility index (Phi) is 6.11. The minimum Gasteiger partial charge on any atom is -0.378 e. The van der Waals surface area contributed by atoms with Crippen LogP contribution < -0.4 is 15.5 Å². The van der Waals surface area contributed by atoms with Gasteiger partial charge >= 0.3 is 0 Å². The van der Waals surface area contributed by atoms with Crippen molar-refractivity contribution in [3.05, 3.63) is 48.3 Å². The first-order valence-corrected chi connectivity index (χ1v) is 7.77. The number of amides is 1. The molecule has 5 heteroatoms. The zero-order valence-corrected chi connectivity index (χ0v) is 14.0. The molecule has 5 nitrogen and oxygen atoms in total. The van der Waals surface area contributed by atoms with Gasteiger partial charge in [0.05, 0.1) is 5.56 Å². The van der Waals surface area contributed by atoms with Crippen molar-refractivity contribution in [1.82, 2.24) is 15.6 Å². The fraction of sp³-hybridized carbons (Fsp3) is 0.333. The molecule has 0 atom stereocenters. The van der Waals surface area contributed by atoms with Crippen molar-refractivity contribution in [2.75, 3.05) is 39.1 Å². The summed E-state index contributed by atoms with van der Waals surface area (Å²) in [4.78, 5) is 18.4. The average Bonchev–Trinajstić information content (AvgIpc) is 2.59. The molecule has 0 bridgehead atoms. The van der Waals surface area contributed by atoms with Gasteiger partial charge in [-0.25, -0.2) is 0 Å². The van der Waals surface area contributed by atoms with Gasteiger partial charge in [-0.15, -0.1) is 0 Å². The molecule has 2 aromatic rings. The Morgan fingerprint density at radius 2 is 1.83 bits per heavy atom. The molecule has 0 spiro atoms. The van der Waals surface area contributed by atoms with E-state index in [4.69, 9.17) is 0 Å². The van der Waals surface area contributed by atoms with Gasteiger partial charge in [-0.05, 0) is 43.8 Å². The Morgan fingerprint density at radius 3 is 2.48 bits per heavy atom. The third kappa shape index (κ3) is 4.79. The Balaban J connectivity index is 2.08. The Bertz CT molecular complexity index is 638. The molecule has 0 unspecified atom stereocenters. The van der Waals surface area contributed by atoms with Gasteiger partial charge in [-0.3, -0.25) is 9.78 Å². The minimum absolute atomic E-state index is 0.0830. The highest BCUT2D eigenvalue weighted by Gasteiger charge is 2.07. The van der Waals surface area contributed by atoms with E-state index in [1.165, 1.54) is 0 Å². The van der Waals surface area contributed by atoms with Crippen LogP contribution in [-0.2, 0) is 0 Å². The number of benzene rings is 1. The summed E-state index contributed by atoms with van der Waals surface area (Å²) in [5.41, 5.74) is 3.72. The molecule has 0 saturated carbocycles. The second-order valence-electron chi connectivity index (χ2n) is 5.62. The zero-order chi connectivity index (χ0) is 16.7. The average molecular weight is 312 g/mol. The third-order valence-corrected chi connectivity index (χ3v) is 3.61. The predicted molar refractivity (Wildman–Crippen MR) is 94.9 cm³/mol. The Labute approximate surface area is 137 Å². The third-order valence-electron chi connectivity index (χ3n) is 3.61. The van der Waals surface area contributed by atoms with E-state index in [1.807, 2.05) is 39.3 Å². The standard InChI is InChI=1S/C18H24N4O/c1-19-9-4-10-21-18(23)16-11-15(12-20-13-16)14-5-7-17(8-6-14)22(2)3/h5-8,11-13,19H,4,9-10H2,1-3H3,(H,21,23). The molecule has 1 amide bonds. The maximum Gasteiger partial charge on any atom is 0.252 e. The smallest absolute Gasteiger partial charge is 0.252 e. The van der Waals surface area contributed by atoms with Crippen LogP contribution in [0, 0.1) is 0 Å². The maximum absolute atomic E-state index is 12.2. The summed E-state index contributed by atoms with van der Waals surface area (Å²) in [6, 6.07) is 10.1. The van der Waals surface area contributed by atoms with E-state index in [0.717, 1.165) is 29.8 Å². The molecule has 1 heterocycles. The number of rotatable bonds is 7. The predicted octanol–water partition coefficient (Wildman–Crippen LogP) is 2.15. The van der Waals surface area contributed by atoms with Crippen molar-refractivity contribution in [3.63, 3.8) is 0 Å². The molecule has 2 N–H and O–H groups in total. The molecule has 0 aliphatic heterocycles. The monoisotopic (exact) mass is 312 g/mol. The molecular formula is C18H24N4O. The van der Waals surface area contributed by atoms with Gasteiger partial charge in [0.2, 0.25) is 0 Å². The molecule has 2 rings (SSSR count). The maximum atomic E-state index is 12.2. The Hall–Kier alpha value is -2.40. The van der Waals surface area contributed by atoms with Crippen LogP contribution in [-0.4, -0.2) is 45.1 Å². The van der Waals surface area contributed by atoms with Gasteiger partial charge in [-0.1, -0.05) is 12.1 Å². The lowest BCUT2D eigenvalue weighted by molar-refractivity contribution is 0.0953. The van der Waals surface area contributed by atoms with E-state index in [1.54, 1.807) is 12.4 Å². The van der Waals surface area contributed by atoms with Crippen LogP contribution in [0.2, 0.25) is 0 Å². The number of nitrogens with zero attached hydrogens (tertiary/aromatic N) is 2. The molecule has 1 aromatic heterocycles. The van der Waals surface area contributed by atoms with Gasteiger partial charge in [0, 0.05) is 44.3 Å². The summed E-state index contributed by atoms with van der Waals surface area (Å²) in [5.74, 6) is -0.0830. The van der Waals surface area contributed by atoms with Crippen LogP contribution in [0.25, 0.3) is 11.1 Å². The molecule has 23 heavy (non-hydrogen) atoms. The highest BCUT2D eigenvalue weighted by Crippen LogP contribution is 2.22. The van der Waals surface area contributed by atoms with Gasteiger partial charge in [0.15, 0.2) is 0 Å². The van der Waals surface area contributed by atoms with Crippen LogP contribution in [0.5, 0.6) is 0 Å². The molecule has 0 aliphatic rings. The molecule has 1 aromatic carbocycles. The lowest BCUT2D eigenvalue weighted by Gasteiger charge is -2.13. The molecule has 0 aliphatic carbocycles. The van der Waals surface area contributed by atoms with Crippen molar-refractivity contribution in [1.29, 1.82) is 0 Å². The minimum atomic E-state index is -0.0830. The molecule has 0 fully saturated rings. The van der Waals surface area contributed by atoms with Crippen molar-refractivity contribution < 1.29 is 4.79 Å². The van der Waals surface area contributed by atoms with Crippen molar-refractivity contribution in [2.24, 2.45) is 0 Å². The van der Waals surface area contributed by atoms with Gasteiger partial charge < -0.3 is 15.5 Å². The second-order valence-corrected chi connectivity index (χ2v) is 5.62. The number of pyridine rings is 1. The quantitative estimate of drug-likeness (QED) is 0.769. The van der Waals surface area contributed by atoms with E-state index < -0.39 is 0 Å². The number of hydrogen-bond donors (Lipinski definition) is 2. The van der Waals surface area contributed by atoms with E-state index in [9.17, 15) is 4.79 Å². The summed E-state index contributed by atoms with van der Waals surface area (Å²) in [6.45, 7) is 1.54. The first-order valence-electron chi connectivity index (χ1n) is 7.77. The molecule has 0 radical (unpaired) electrons. The summed E-state index contributed by atoms with van der Waals surface area (Å²) in [6.07, 6.45) is 4.29. The van der Waals surface area contributed by atoms with E-state index in [2.05, 4.69) is 32.7 Å². The van der Waals surface area contributed by atoms with Gasteiger partial charge in [-0.2, -0.15) is 0 Å². The lowest BCUT2D eigenvalue weighted by atomic mass is 10.1. The normalized spacial score (nSPS) is 10.4. The fourth-order valence-corrected chi connectivity index (χ4v) is 2.24. The number of aromatic nitrogens is 1. The highest BCUT2D eigenvalue weighted by molar-refractivity contribution is 5.95. The van der Waals surface area contributed by atoms with Gasteiger partial charge in [0.25, 0.3) is 5.91 Å². The number of hydrogen-bond acceptors (Lipinski definition) is 4. The van der Waals surface area contributed by atoms with E-state index in [-0.39, 0.29) is 5.91 Å². The first kappa shape index (κ1) is 17.0. The number of carbonyl (C=O) groups is 1. The number of anilines is 1. The van der Waals surface area contributed by atoms with Crippen LogP contribution in [0.15, 0.2) is 42.7 Å². The zero-order valence-electron chi connectivity index (χ0n) is 14.0. The van der Waals surface area contributed by atoms with E-state index >= 15 is 0 Å². The molecule has 122 valence electrons. The molecular weight excluding hydrogens is 288 g/mol. The summed E-state index contributed by atoms with van der Waals surface area (Å²) in [7, 11) is 5.92. The fourth-order valence-electron chi connectivity index (χ4n) is 2.24. The van der Waals surface area contributed by atoms with E-state index in [0.29, 0.717) is 12.1 Å².